The highest BCUT2D eigenvalue weighted by molar-refractivity contribution is 6.30. The van der Waals surface area contributed by atoms with E-state index >= 15 is 0 Å². The number of benzene rings is 1. The van der Waals surface area contributed by atoms with Crippen LogP contribution in [-0.2, 0) is 0 Å². The highest BCUT2D eigenvalue weighted by atomic mass is 35.5. The molecule has 3 atom stereocenters. The van der Waals surface area contributed by atoms with E-state index < -0.39 is 0 Å². The Bertz CT molecular complexity index is 441. The maximum absolute atomic E-state index is 6.02. The zero-order valence-corrected chi connectivity index (χ0v) is 14.7. The van der Waals surface area contributed by atoms with Crippen LogP contribution in [0.25, 0.3) is 0 Å². The van der Waals surface area contributed by atoms with Crippen molar-refractivity contribution in [3.05, 3.63) is 34.9 Å². The third kappa shape index (κ3) is 4.00. The number of hydrogen-bond donors (Lipinski definition) is 1. The van der Waals surface area contributed by atoms with Crippen LogP contribution < -0.4 is 5.32 Å². The van der Waals surface area contributed by atoms with E-state index in [2.05, 4.69) is 57.0 Å². The minimum absolute atomic E-state index is 0.429. The summed E-state index contributed by atoms with van der Waals surface area (Å²) in [5.74, 6) is 1.32. The molecule has 0 aromatic heterocycles. The summed E-state index contributed by atoms with van der Waals surface area (Å²) in [7, 11) is 0. The molecule has 1 heterocycles. The van der Waals surface area contributed by atoms with Gasteiger partial charge < -0.3 is 5.32 Å². The van der Waals surface area contributed by atoms with Crippen LogP contribution in [0.2, 0.25) is 5.02 Å². The standard InChI is InChI=1S/C18H29ClN2/c1-12(2)17-11-21(18(10-20-17)13(3)4)14(5)15-6-8-16(19)9-7-15/h6-9,12-14,17-18,20H,10-11H2,1-5H3. The van der Waals surface area contributed by atoms with E-state index in [1.165, 1.54) is 5.56 Å². The number of nitrogens with zero attached hydrogens (tertiary/aromatic N) is 1. The van der Waals surface area contributed by atoms with E-state index in [1.54, 1.807) is 0 Å². The predicted octanol–water partition coefficient (Wildman–Crippen LogP) is 4.36. The minimum atomic E-state index is 0.429. The lowest BCUT2D eigenvalue weighted by Gasteiger charge is -2.46. The van der Waals surface area contributed by atoms with Crippen molar-refractivity contribution in [2.45, 2.75) is 52.7 Å². The van der Waals surface area contributed by atoms with Gasteiger partial charge in [0.25, 0.3) is 0 Å². The Hall–Kier alpha value is -0.570. The Labute approximate surface area is 134 Å². The second-order valence-electron chi connectivity index (χ2n) is 6.99. The monoisotopic (exact) mass is 308 g/mol. The molecule has 3 heteroatoms. The van der Waals surface area contributed by atoms with Gasteiger partial charge in [0, 0.05) is 36.2 Å². The second-order valence-corrected chi connectivity index (χ2v) is 7.43. The summed E-state index contributed by atoms with van der Waals surface area (Å²) in [6.07, 6.45) is 0. The quantitative estimate of drug-likeness (QED) is 0.889. The lowest BCUT2D eigenvalue weighted by atomic mass is 9.91. The molecular formula is C18H29ClN2. The van der Waals surface area contributed by atoms with Gasteiger partial charge in [-0.25, -0.2) is 0 Å². The lowest BCUT2D eigenvalue weighted by Crippen LogP contribution is -2.60. The summed E-state index contributed by atoms with van der Waals surface area (Å²) in [6, 6.07) is 9.92. The number of piperazine rings is 1. The van der Waals surface area contributed by atoms with Gasteiger partial charge in [-0.2, -0.15) is 0 Å². The van der Waals surface area contributed by atoms with Gasteiger partial charge in [0.2, 0.25) is 0 Å². The number of hydrogen-bond acceptors (Lipinski definition) is 2. The molecule has 1 saturated heterocycles. The topological polar surface area (TPSA) is 15.3 Å². The van der Waals surface area contributed by atoms with E-state index in [-0.39, 0.29) is 0 Å². The van der Waals surface area contributed by atoms with Crippen molar-refractivity contribution in [3.63, 3.8) is 0 Å². The fourth-order valence-corrected chi connectivity index (χ4v) is 3.39. The van der Waals surface area contributed by atoms with Crippen LogP contribution in [0.4, 0.5) is 0 Å². The number of rotatable bonds is 4. The molecule has 2 rings (SSSR count). The molecule has 0 radical (unpaired) electrons. The molecule has 0 amide bonds. The zero-order chi connectivity index (χ0) is 15.6. The maximum atomic E-state index is 6.02. The SMILES string of the molecule is CC(C)C1CN(C(C)c2ccc(Cl)cc2)C(C(C)C)CN1. The van der Waals surface area contributed by atoms with Gasteiger partial charge in [0.15, 0.2) is 0 Å². The molecule has 118 valence electrons. The van der Waals surface area contributed by atoms with Crippen molar-refractivity contribution in [2.75, 3.05) is 13.1 Å². The molecule has 1 aromatic carbocycles. The summed E-state index contributed by atoms with van der Waals surface area (Å²) >= 11 is 6.02. The van der Waals surface area contributed by atoms with Crippen molar-refractivity contribution in [2.24, 2.45) is 11.8 Å². The first-order chi connectivity index (χ1) is 9.90. The summed E-state index contributed by atoms with van der Waals surface area (Å²) in [4.78, 5) is 2.68. The smallest absolute Gasteiger partial charge is 0.0406 e. The van der Waals surface area contributed by atoms with Gasteiger partial charge in [0.05, 0.1) is 0 Å². The highest BCUT2D eigenvalue weighted by Gasteiger charge is 2.34. The third-order valence-corrected chi connectivity index (χ3v) is 5.10. The fourth-order valence-electron chi connectivity index (χ4n) is 3.26. The summed E-state index contributed by atoms with van der Waals surface area (Å²) < 4.78 is 0. The fraction of sp³-hybridized carbons (Fsp3) is 0.667. The number of nitrogens with one attached hydrogen (secondary N) is 1. The predicted molar refractivity (Wildman–Crippen MR) is 91.8 cm³/mol. The third-order valence-electron chi connectivity index (χ3n) is 4.85. The van der Waals surface area contributed by atoms with Crippen LogP contribution in [0, 0.1) is 11.8 Å². The Morgan fingerprint density at radius 1 is 1.05 bits per heavy atom. The summed E-state index contributed by atoms with van der Waals surface area (Å²) in [5, 5.41) is 4.54. The average molecular weight is 309 g/mol. The van der Waals surface area contributed by atoms with Gasteiger partial charge in [-0.15, -0.1) is 0 Å². The van der Waals surface area contributed by atoms with E-state index in [9.17, 15) is 0 Å². The van der Waals surface area contributed by atoms with Crippen molar-refractivity contribution in [1.29, 1.82) is 0 Å². The van der Waals surface area contributed by atoms with E-state index in [1.807, 2.05) is 12.1 Å². The normalized spacial score (nSPS) is 25.5. The molecule has 1 fully saturated rings. The summed E-state index contributed by atoms with van der Waals surface area (Å²) in [5.41, 5.74) is 1.36. The van der Waals surface area contributed by atoms with Gasteiger partial charge in [-0.1, -0.05) is 51.4 Å². The Kier molecular flexibility index (Phi) is 5.70. The molecule has 0 aliphatic carbocycles. The lowest BCUT2D eigenvalue weighted by molar-refractivity contribution is 0.0513. The Balaban J connectivity index is 2.20. The molecule has 21 heavy (non-hydrogen) atoms. The first-order valence-electron chi connectivity index (χ1n) is 8.14. The molecule has 0 spiro atoms. The molecule has 3 unspecified atom stereocenters. The van der Waals surface area contributed by atoms with Gasteiger partial charge in [-0.3, -0.25) is 4.90 Å². The average Bonchev–Trinajstić information content (AvgIpc) is 2.46. The molecule has 0 bridgehead atoms. The van der Waals surface area contributed by atoms with Crippen molar-refractivity contribution >= 4 is 11.6 Å². The minimum Gasteiger partial charge on any atom is -0.311 e. The van der Waals surface area contributed by atoms with Gasteiger partial charge in [-0.05, 0) is 36.5 Å². The highest BCUT2D eigenvalue weighted by Crippen LogP contribution is 2.29. The maximum Gasteiger partial charge on any atom is 0.0406 e. The molecule has 0 saturated carbocycles. The Morgan fingerprint density at radius 3 is 2.19 bits per heavy atom. The van der Waals surface area contributed by atoms with Crippen LogP contribution in [0.5, 0.6) is 0 Å². The Morgan fingerprint density at radius 2 is 1.67 bits per heavy atom. The largest absolute Gasteiger partial charge is 0.311 e. The van der Waals surface area contributed by atoms with Crippen LogP contribution >= 0.6 is 11.6 Å². The van der Waals surface area contributed by atoms with Crippen molar-refractivity contribution in [3.8, 4) is 0 Å². The van der Waals surface area contributed by atoms with Crippen molar-refractivity contribution < 1.29 is 0 Å². The second kappa shape index (κ2) is 7.13. The molecular weight excluding hydrogens is 280 g/mol. The van der Waals surface area contributed by atoms with Gasteiger partial charge >= 0.3 is 0 Å². The van der Waals surface area contributed by atoms with E-state index in [0.29, 0.717) is 30.0 Å². The van der Waals surface area contributed by atoms with Crippen LogP contribution in [0.15, 0.2) is 24.3 Å². The van der Waals surface area contributed by atoms with E-state index in [0.717, 1.165) is 18.1 Å². The molecule has 1 aliphatic rings. The molecule has 2 nitrogen and oxygen atoms in total. The first kappa shape index (κ1) is 16.8. The van der Waals surface area contributed by atoms with Crippen LogP contribution in [0.3, 0.4) is 0 Å². The van der Waals surface area contributed by atoms with Gasteiger partial charge in [0.1, 0.15) is 0 Å². The van der Waals surface area contributed by atoms with E-state index in [4.69, 9.17) is 11.6 Å². The molecule has 1 aliphatic heterocycles. The summed E-state index contributed by atoms with van der Waals surface area (Å²) in [6.45, 7) is 13.8. The van der Waals surface area contributed by atoms with Crippen molar-refractivity contribution in [1.82, 2.24) is 10.2 Å². The molecule has 1 aromatic rings. The number of halogens is 1. The zero-order valence-electron chi connectivity index (χ0n) is 13.9. The van der Waals surface area contributed by atoms with Crippen LogP contribution in [-0.4, -0.2) is 30.1 Å². The molecule has 1 N–H and O–H groups in total. The first-order valence-corrected chi connectivity index (χ1v) is 8.52. The van der Waals surface area contributed by atoms with Crippen LogP contribution in [0.1, 0.15) is 46.2 Å².